The topological polar surface area (TPSA) is 202 Å². The van der Waals surface area contributed by atoms with Crippen LogP contribution in [0.3, 0.4) is 0 Å². The summed E-state index contributed by atoms with van der Waals surface area (Å²) < 4.78 is 9.79. The van der Waals surface area contributed by atoms with Gasteiger partial charge in [0.25, 0.3) is 0 Å². The van der Waals surface area contributed by atoms with E-state index in [4.69, 9.17) is 9.47 Å². The van der Waals surface area contributed by atoms with Gasteiger partial charge in [-0.05, 0) is 111 Å². The van der Waals surface area contributed by atoms with Crippen LogP contribution in [0.15, 0.2) is 47.6 Å². The van der Waals surface area contributed by atoms with Gasteiger partial charge >= 0.3 is 11.9 Å². The first-order chi connectivity index (χ1) is 27.9. The summed E-state index contributed by atoms with van der Waals surface area (Å²) in [5, 5.41) is 45.7. The molecule has 8 aliphatic rings. The smallest absolute Gasteiger partial charge is 0.303 e. The van der Waals surface area contributed by atoms with Gasteiger partial charge in [-0.15, -0.1) is 0 Å². The number of Topliss-reactive ketones (excluding diaryl/α,β-unsaturated/α-hetero) is 2. The van der Waals surface area contributed by atoms with Crippen LogP contribution in [-0.4, -0.2) is 92.1 Å². The van der Waals surface area contributed by atoms with Crippen LogP contribution in [-0.2, 0) is 38.2 Å². The monoisotopic (exact) mass is 866 g/mol. The van der Waals surface area contributed by atoms with E-state index in [0.717, 1.165) is 24.0 Å². The average molecular weight is 867 g/mol. The standard InChI is InChI=1S/2C24H32O6.H2S/c2*1-13-9-16-17-6-8-24(29,20(28)12-30-14(2)25)23(17,4)11-19(27)21(16)22(3)7-5-15(26)10-18(13)22;/h2*5,7,10,13,16-17,19,21,27,29H,6,8-9,11-12H2,1-4H3;1H2/t2*13-,16-,17-,19-,21+,22-,23-,24-;/m00./s1. The second kappa shape index (κ2) is 16.1. The summed E-state index contributed by atoms with van der Waals surface area (Å²) in [5.41, 5.74) is -3.43. The number of hydrogen-bond donors (Lipinski definition) is 4. The molecule has 8 aliphatic carbocycles. The first-order valence-electron chi connectivity index (χ1n) is 21.9. The summed E-state index contributed by atoms with van der Waals surface area (Å²) in [6.45, 7) is 13.9. The Morgan fingerprint density at radius 3 is 1.33 bits per heavy atom. The Balaban J connectivity index is 0.000000201. The van der Waals surface area contributed by atoms with Gasteiger partial charge in [-0.3, -0.25) is 28.8 Å². The third-order valence-electron chi connectivity index (χ3n) is 17.7. The van der Waals surface area contributed by atoms with Gasteiger partial charge in [-0.1, -0.05) is 64.8 Å². The lowest BCUT2D eigenvalue weighted by molar-refractivity contribution is -0.182. The van der Waals surface area contributed by atoms with Gasteiger partial charge in [0.05, 0.1) is 12.2 Å². The molecule has 0 spiro atoms. The fourth-order valence-electron chi connectivity index (χ4n) is 15.0. The summed E-state index contributed by atoms with van der Waals surface area (Å²) in [6, 6.07) is 0. The highest BCUT2D eigenvalue weighted by molar-refractivity contribution is 7.59. The number of rotatable bonds is 6. The second-order valence-corrected chi connectivity index (χ2v) is 20.7. The minimum atomic E-state index is -1.61. The van der Waals surface area contributed by atoms with Crippen molar-refractivity contribution < 1.29 is 58.7 Å². The predicted octanol–water partition coefficient (Wildman–Crippen LogP) is 4.86. The highest BCUT2D eigenvalue weighted by Crippen LogP contribution is 2.69. The van der Waals surface area contributed by atoms with Crippen LogP contribution in [0.1, 0.15) is 107 Å². The maximum absolute atomic E-state index is 12.9. The summed E-state index contributed by atoms with van der Waals surface area (Å²) in [7, 11) is 0. The highest BCUT2D eigenvalue weighted by atomic mass is 32.1. The number of ketones is 4. The van der Waals surface area contributed by atoms with Gasteiger partial charge in [0.15, 0.2) is 24.8 Å². The maximum atomic E-state index is 12.9. The Morgan fingerprint density at radius 1 is 0.656 bits per heavy atom. The molecular weight excluding hydrogens is 801 g/mol. The van der Waals surface area contributed by atoms with Crippen molar-refractivity contribution in [1.29, 1.82) is 0 Å². The van der Waals surface area contributed by atoms with Gasteiger partial charge in [0.1, 0.15) is 11.2 Å². The van der Waals surface area contributed by atoms with Crippen molar-refractivity contribution in [3.8, 4) is 0 Å². The van der Waals surface area contributed by atoms with Crippen LogP contribution in [0, 0.1) is 69.0 Å². The molecule has 61 heavy (non-hydrogen) atoms. The molecule has 0 bridgehead atoms. The Hall–Kier alpha value is -3.23. The normalized spacial score (nSPS) is 46.3. The van der Waals surface area contributed by atoms with Crippen molar-refractivity contribution in [1.82, 2.24) is 0 Å². The molecule has 0 amide bonds. The maximum Gasteiger partial charge on any atom is 0.303 e. The van der Waals surface area contributed by atoms with Crippen molar-refractivity contribution in [2.45, 2.75) is 130 Å². The van der Waals surface area contributed by atoms with Crippen molar-refractivity contribution in [3.63, 3.8) is 0 Å². The van der Waals surface area contributed by atoms with E-state index < -0.39 is 81.8 Å². The molecule has 0 aliphatic heterocycles. The van der Waals surface area contributed by atoms with E-state index >= 15 is 0 Å². The number of ether oxygens (including phenoxy) is 2. The molecule has 4 N–H and O–H groups in total. The number of esters is 2. The summed E-state index contributed by atoms with van der Waals surface area (Å²) >= 11 is 0. The molecule has 16 atom stereocenters. The number of aliphatic hydroxyl groups excluding tert-OH is 2. The fraction of sp³-hybridized carbons (Fsp3) is 0.708. The molecule has 6 fully saturated rings. The minimum absolute atomic E-state index is 0. The zero-order valence-electron chi connectivity index (χ0n) is 36.9. The first-order valence-corrected chi connectivity index (χ1v) is 21.9. The third kappa shape index (κ3) is 7.11. The number of carbonyl (C=O) groups is 6. The molecule has 0 unspecified atom stereocenters. The molecule has 0 aromatic carbocycles. The van der Waals surface area contributed by atoms with E-state index in [1.165, 1.54) is 13.8 Å². The molecule has 12 nitrogen and oxygen atoms in total. The zero-order chi connectivity index (χ0) is 44.1. The summed E-state index contributed by atoms with van der Waals surface area (Å²) in [5.74, 6) is -1.42. The van der Waals surface area contributed by atoms with Gasteiger partial charge in [-0.2, -0.15) is 13.5 Å². The Morgan fingerprint density at radius 2 is 1.00 bits per heavy atom. The van der Waals surface area contributed by atoms with Crippen LogP contribution in [0.25, 0.3) is 0 Å². The van der Waals surface area contributed by atoms with Gasteiger partial charge in [0, 0.05) is 47.3 Å². The van der Waals surface area contributed by atoms with E-state index in [1.54, 1.807) is 24.3 Å². The molecular formula is C48H66O12S. The number of hydrogen-bond acceptors (Lipinski definition) is 12. The molecule has 0 radical (unpaired) electrons. The second-order valence-electron chi connectivity index (χ2n) is 20.7. The molecule has 0 aromatic heterocycles. The zero-order valence-corrected chi connectivity index (χ0v) is 37.9. The SMILES string of the molecule is CC(=O)OCC(=O)[C@@]1(O)CC[C@H]2[C@@H]3C[C@H](C)C4=CC(=O)C=C[C@]4(C)[C@H]3[C@@H](O)C[C@@]21C.CC(=O)OCC(=O)[C@@]1(O)CC[C@H]2[C@@H]3C[C@H](C)C4=CC(=O)C=C[C@]4(C)[C@H]3[C@@H](O)C[C@@]21C.S. The quantitative estimate of drug-likeness (QED) is 0.265. The number of allylic oxidation sites excluding steroid dienone is 8. The fourth-order valence-corrected chi connectivity index (χ4v) is 15.0. The number of aliphatic hydroxyl groups is 4. The van der Waals surface area contributed by atoms with Crippen molar-refractivity contribution >= 4 is 48.6 Å². The third-order valence-corrected chi connectivity index (χ3v) is 17.7. The Kier molecular flexibility index (Phi) is 12.5. The molecule has 336 valence electrons. The molecule has 0 heterocycles. The lowest BCUT2D eigenvalue weighted by atomic mass is 9.45. The average Bonchev–Trinajstić information content (AvgIpc) is 3.59. The van der Waals surface area contributed by atoms with Crippen LogP contribution in [0.5, 0.6) is 0 Å². The molecule has 6 saturated carbocycles. The van der Waals surface area contributed by atoms with Gasteiger partial charge < -0.3 is 29.9 Å². The van der Waals surface area contributed by atoms with Crippen molar-refractivity contribution in [2.24, 2.45) is 69.0 Å². The molecule has 13 heteroatoms. The number of fused-ring (bicyclic) bond motifs is 10. The van der Waals surface area contributed by atoms with E-state index in [-0.39, 0.29) is 72.4 Å². The molecule has 0 aromatic rings. The molecule has 8 rings (SSSR count). The van der Waals surface area contributed by atoms with Crippen LogP contribution in [0.2, 0.25) is 0 Å². The number of carbonyl (C=O) groups excluding carboxylic acids is 6. The van der Waals surface area contributed by atoms with Crippen LogP contribution in [0.4, 0.5) is 0 Å². The van der Waals surface area contributed by atoms with Crippen molar-refractivity contribution in [3.05, 3.63) is 47.6 Å². The van der Waals surface area contributed by atoms with Crippen LogP contribution < -0.4 is 0 Å². The summed E-state index contributed by atoms with van der Waals surface area (Å²) in [6.07, 6.45) is 13.4. The van der Waals surface area contributed by atoms with E-state index in [0.29, 0.717) is 38.5 Å². The van der Waals surface area contributed by atoms with Gasteiger partial charge in [-0.25, -0.2) is 0 Å². The van der Waals surface area contributed by atoms with E-state index in [1.807, 2.05) is 26.0 Å². The van der Waals surface area contributed by atoms with Crippen molar-refractivity contribution in [2.75, 3.05) is 13.2 Å². The minimum Gasteiger partial charge on any atom is -0.458 e. The Bertz CT molecular complexity index is 1860. The van der Waals surface area contributed by atoms with Crippen LogP contribution >= 0.6 is 13.5 Å². The summed E-state index contributed by atoms with van der Waals surface area (Å²) in [4.78, 5) is 72.2. The predicted molar refractivity (Wildman–Crippen MR) is 229 cm³/mol. The lowest BCUT2D eigenvalue weighted by Crippen LogP contribution is -2.62. The largest absolute Gasteiger partial charge is 0.458 e. The highest BCUT2D eigenvalue weighted by Gasteiger charge is 2.70. The lowest BCUT2D eigenvalue weighted by Gasteiger charge is -2.60. The van der Waals surface area contributed by atoms with E-state index in [2.05, 4.69) is 27.7 Å². The molecule has 0 saturated heterocycles. The van der Waals surface area contributed by atoms with Gasteiger partial charge in [0.2, 0.25) is 11.6 Å². The Labute approximate surface area is 366 Å². The van der Waals surface area contributed by atoms with E-state index in [9.17, 15) is 49.2 Å². The first kappa shape index (κ1) is 47.3.